The predicted molar refractivity (Wildman–Crippen MR) is 67.9 cm³/mol. The number of nitriles is 1. The highest BCUT2D eigenvalue weighted by Crippen LogP contribution is 2.29. The predicted octanol–water partition coefficient (Wildman–Crippen LogP) is 1.98. The molecule has 1 saturated carbocycles. The Bertz CT molecular complexity index is 482. The van der Waals surface area contributed by atoms with Crippen molar-refractivity contribution in [3.05, 3.63) is 29.6 Å². The van der Waals surface area contributed by atoms with Crippen molar-refractivity contribution in [3.8, 4) is 6.07 Å². The van der Waals surface area contributed by atoms with E-state index in [1.54, 1.807) is 12.1 Å². The molecule has 0 N–H and O–H groups in total. The summed E-state index contributed by atoms with van der Waals surface area (Å²) in [5.74, 6) is -0.283. The first-order valence-electron chi connectivity index (χ1n) is 6.46. The van der Waals surface area contributed by atoms with Crippen molar-refractivity contribution in [1.82, 2.24) is 4.90 Å². The summed E-state index contributed by atoms with van der Waals surface area (Å²) in [6.45, 7) is 3.78. The highest BCUT2D eigenvalue weighted by Gasteiger charge is 2.31. The highest BCUT2D eigenvalue weighted by atomic mass is 19.1. The average molecular weight is 245 g/mol. The first-order chi connectivity index (χ1) is 8.78. The van der Waals surface area contributed by atoms with E-state index < -0.39 is 0 Å². The number of anilines is 1. The lowest BCUT2D eigenvalue weighted by Gasteiger charge is -2.36. The molecule has 1 aromatic carbocycles. The van der Waals surface area contributed by atoms with E-state index in [-0.39, 0.29) is 5.82 Å². The Morgan fingerprint density at radius 2 is 1.89 bits per heavy atom. The minimum absolute atomic E-state index is 0.283. The Kier molecular flexibility index (Phi) is 2.92. The Morgan fingerprint density at radius 1 is 1.17 bits per heavy atom. The zero-order chi connectivity index (χ0) is 12.5. The highest BCUT2D eigenvalue weighted by molar-refractivity contribution is 5.51. The molecule has 1 aliphatic heterocycles. The summed E-state index contributed by atoms with van der Waals surface area (Å²) in [5.41, 5.74) is 1.01. The average Bonchev–Trinajstić information content (AvgIpc) is 3.23. The minimum atomic E-state index is -0.283. The lowest BCUT2D eigenvalue weighted by atomic mass is 10.2. The van der Waals surface area contributed by atoms with Crippen LogP contribution in [-0.4, -0.2) is 37.1 Å². The molecule has 94 valence electrons. The Morgan fingerprint density at radius 3 is 2.44 bits per heavy atom. The third kappa shape index (κ3) is 2.19. The van der Waals surface area contributed by atoms with Crippen molar-refractivity contribution in [2.24, 2.45) is 0 Å². The SMILES string of the molecule is N#Cc1ccc(N2CCN(C3CC3)CC2)c(F)c1. The summed E-state index contributed by atoms with van der Waals surface area (Å²) in [6, 6.07) is 7.48. The fourth-order valence-corrected chi connectivity index (χ4v) is 2.60. The standard InChI is InChI=1S/C14H16FN3/c15-13-9-11(10-16)1-4-14(13)18-7-5-17(6-8-18)12-2-3-12/h1,4,9,12H,2-3,5-8H2. The maximum absolute atomic E-state index is 13.9. The van der Waals surface area contributed by atoms with Crippen molar-refractivity contribution in [3.63, 3.8) is 0 Å². The molecule has 18 heavy (non-hydrogen) atoms. The van der Waals surface area contributed by atoms with E-state index in [1.807, 2.05) is 6.07 Å². The topological polar surface area (TPSA) is 30.3 Å². The van der Waals surface area contributed by atoms with E-state index in [4.69, 9.17) is 5.26 Å². The van der Waals surface area contributed by atoms with Crippen LogP contribution >= 0.6 is 0 Å². The van der Waals surface area contributed by atoms with Gasteiger partial charge in [-0.1, -0.05) is 0 Å². The van der Waals surface area contributed by atoms with E-state index in [9.17, 15) is 4.39 Å². The molecule has 2 fully saturated rings. The lowest BCUT2D eigenvalue weighted by Crippen LogP contribution is -2.47. The van der Waals surface area contributed by atoms with Crippen molar-refractivity contribution in [1.29, 1.82) is 5.26 Å². The maximum Gasteiger partial charge on any atom is 0.147 e. The second-order valence-corrected chi connectivity index (χ2v) is 5.03. The van der Waals surface area contributed by atoms with Crippen LogP contribution in [0.4, 0.5) is 10.1 Å². The molecular weight excluding hydrogens is 229 g/mol. The molecule has 1 saturated heterocycles. The lowest BCUT2D eigenvalue weighted by molar-refractivity contribution is 0.247. The third-order valence-electron chi connectivity index (χ3n) is 3.80. The molecule has 0 radical (unpaired) electrons. The molecule has 4 heteroatoms. The van der Waals surface area contributed by atoms with Crippen LogP contribution in [0.3, 0.4) is 0 Å². The fraction of sp³-hybridized carbons (Fsp3) is 0.500. The van der Waals surface area contributed by atoms with Crippen LogP contribution in [0.2, 0.25) is 0 Å². The van der Waals surface area contributed by atoms with Crippen LogP contribution in [0.1, 0.15) is 18.4 Å². The molecule has 0 bridgehead atoms. The summed E-state index contributed by atoms with van der Waals surface area (Å²) >= 11 is 0. The van der Waals surface area contributed by atoms with E-state index in [0.717, 1.165) is 32.2 Å². The maximum atomic E-state index is 13.9. The van der Waals surface area contributed by atoms with Crippen molar-refractivity contribution in [2.45, 2.75) is 18.9 Å². The monoisotopic (exact) mass is 245 g/mol. The number of hydrogen-bond donors (Lipinski definition) is 0. The van der Waals surface area contributed by atoms with Gasteiger partial charge in [0.05, 0.1) is 17.3 Å². The number of nitrogens with zero attached hydrogens (tertiary/aromatic N) is 3. The van der Waals surface area contributed by atoms with Crippen molar-refractivity contribution in [2.75, 3.05) is 31.1 Å². The first-order valence-corrected chi connectivity index (χ1v) is 6.46. The van der Waals surface area contributed by atoms with Gasteiger partial charge in [0.1, 0.15) is 5.82 Å². The van der Waals surface area contributed by atoms with Gasteiger partial charge in [-0.05, 0) is 31.0 Å². The normalized spacial score (nSPS) is 20.8. The van der Waals surface area contributed by atoms with Gasteiger partial charge in [0.25, 0.3) is 0 Å². The molecule has 1 aromatic rings. The van der Waals surface area contributed by atoms with Crippen molar-refractivity contribution < 1.29 is 4.39 Å². The Balaban J connectivity index is 1.70. The molecule has 0 atom stereocenters. The van der Waals surface area contributed by atoms with Crippen LogP contribution in [0.25, 0.3) is 0 Å². The van der Waals surface area contributed by atoms with Gasteiger partial charge in [0.15, 0.2) is 0 Å². The molecule has 3 nitrogen and oxygen atoms in total. The minimum Gasteiger partial charge on any atom is -0.367 e. The Labute approximate surface area is 106 Å². The summed E-state index contributed by atoms with van der Waals surface area (Å²) in [4.78, 5) is 4.58. The van der Waals surface area contributed by atoms with Gasteiger partial charge in [0, 0.05) is 32.2 Å². The van der Waals surface area contributed by atoms with E-state index in [1.165, 1.54) is 18.9 Å². The quantitative estimate of drug-likeness (QED) is 0.798. The van der Waals surface area contributed by atoms with Crippen LogP contribution in [0.5, 0.6) is 0 Å². The van der Waals surface area contributed by atoms with Crippen LogP contribution < -0.4 is 4.90 Å². The number of benzene rings is 1. The third-order valence-corrected chi connectivity index (χ3v) is 3.80. The zero-order valence-corrected chi connectivity index (χ0v) is 10.3. The van der Waals surface area contributed by atoms with Crippen LogP contribution in [0.15, 0.2) is 18.2 Å². The van der Waals surface area contributed by atoms with Crippen LogP contribution in [-0.2, 0) is 0 Å². The first kappa shape index (κ1) is 11.5. The number of halogens is 1. The van der Waals surface area contributed by atoms with Gasteiger partial charge >= 0.3 is 0 Å². The van der Waals surface area contributed by atoms with Crippen molar-refractivity contribution >= 4 is 5.69 Å². The second kappa shape index (κ2) is 4.58. The summed E-state index contributed by atoms with van der Waals surface area (Å²) in [6.07, 6.45) is 2.65. The molecule has 2 aliphatic rings. The molecule has 0 amide bonds. The van der Waals surface area contributed by atoms with Gasteiger partial charge in [-0.2, -0.15) is 5.26 Å². The summed E-state index contributed by atoms with van der Waals surface area (Å²) < 4.78 is 13.9. The molecule has 0 spiro atoms. The van der Waals surface area contributed by atoms with E-state index >= 15 is 0 Å². The number of rotatable bonds is 2. The molecule has 3 rings (SSSR count). The molecule has 0 aromatic heterocycles. The van der Waals surface area contributed by atoms with Gasteiger partial charge in [0.2, 0.25) is 0 Å². The summed E-state index contributed by atoms with van der Waals surface area (Å²) in [7, 11) is 0. The molecule has 0 unspecified atom stereocenters. The Hall–Kier alpha value is -1.60. The van der Waals surface area contributed by atoms with Gasteiger partial charge in [-0.3, -0.25) is 4.90 Å². The van der Waals surface area contributed by atoms with Gasteiger partial charge in [-0.25, -0.2) is 4.39 Å². The summed E-state index contributed by atoms with van der Waals surface area (Å²) in [5, 5.41) is 8.73. The second-order valence-electron chi connectivity index (χ2n) is 5.03. The van der Waals surface area contributed by atoms with E-state index in [2.05, 4.69) is 9.80 Å². The van der Waals surface area contributed by atoms with E-state index in [0.29, 0.717) is 11.3 Å². The smallest absolute Gasteiger partial charge is 0.147 e. The van der Waals surface area contributed by atoms with Gasteiger partial charge < -0.3 is 4.90 Å². The number of hydrogen-bond acceptors (Lipinski definition) is 3. The largest absolute Gasteiger partial charge is 0.367 e. The van der Waals surface area contributed by atoms with Gasteiger partial charge in [-0.15, -0.1) is 0 Å². The number of piperazine rings is 1. The molecule has 1 heterocycles. The fourth-order valence-electron chi connectivity index (χ4n) is 2.60. The molecule has 1 aliphatic carbocycles. The molecular formula is C14H16FN3. The zero-order valence-electron chi connectivity index (χ0n) is 10.3. The van der Waals surface area contributed by atoms with Crippen LogP contribution in [0, 0.1) is 17.1 Å².